The lowest BCUT2D eigenvalue weighted by molar-refractivity contribution is -0.260. The van der Waals surface area contributed by atoms with Crippen molar-refractivity contribution in [2.45, 2.75) is 24.1 Å². The zero-order chi connectivity index (χ0) is 18.0. The van der Waals surface area contributed by atoms with Crippen LogP contribution in [-0.2, 0) is 14.3 Å². The molecular formula is C13H12ClF4NO4. The first-order chi connectivity index (χ1) is 10.4. The third-order valence-electron chi connectivity index (χ3n) is 2.97. The Hall–Kier alpha value is -1.87. The van der Waals surface area contributed by atoms with E-state index in [-0.39, 0.29) is 11.3 Å². The summed E-state index contributed by atoms with van der Waals surface area (Å²) < 4.78 is 56.0. The van der Waals surface area contributed by atoms with Gasteiger partial charge in [0.1, 0.15) is 5.82 Å². The molecule has 128 valence electrons. The number of hydrogen-bond acceptors (Lipinski definition) is 4. The topological polar surface area (TPSA) is 75.6 Å². The third kappa shape index (κ3) is 3.73. The number of carbonyl (C=O) groups is 2. The van der Waals surface area contributed by atoms with Gasteiger partial charge >= 0.3 is 12.1 Å². The molecule has 0 heterocycles. The highest BCUT2D eigenvalue weighted by atomic mass is 35.5. The predicted molar refractivity (Wildman–Crippen MR) is 72.4 cm³/mol. The minimum Gasteiger partial charge on any atom is -0.467 e. The lowest BCUT2D eigenvalue weighted by Crippen LogP contribution is -2.62. The number of aliphatic hydroxyl groups is 1. The molecule has 1 rings (SSSR count). The van der Waals surface area contributed by atoms with Gasteiger partial charge < -0.3 is 15.2 Å². The molecule has 0 aliphatic carbocycles. The second kappa shape index (κ2) is 6.71. The molecule has 0 saturated heterocycles. The summed E-state index contributed by atoms with van der Waals surface area (Å²) >= 11 is 5.34. The Labute approximate surface area is 133 Å². The average Bonchev–Trinajstić information content (AvgIpc) is 2.47. The van der Waals surface area contributed by atoms with Crippen LogP contribution in [0.3, 0.4) is 0 Å². The summed E-state index contributed by atoms with van der Waals surface area (Å²) in [6, 6.07) is 3.33. The Morgan fingerprint density at radius 1 is 1.35 bits per heavy atom. The minimum atomic E-state index is -5.57. The van der Waals surface area contributed by atoms with Gasteiger partial charge in [-0.25, -0.2) is 9.18 Å². The van der Waals surface area contributed by atoms with Crippen LogP contribution in [-0.4, -0.2) is 41.2 Å². The summed E-state index contributed by atoms with van der Waals surface area (Å²) in [7, 11) is 0.593. The molecule has 0 bridgehead atoms. The number of esters is 1. The van der Waals surface area contributed by atoms with E-state index in [9.17, 15) is 32.3 Å². The van der Waals surface area contributed by atoms with Crippen molar-refractivity contribution in [2.24, 2.45) is 0 Å². The molecule has 1 aromatic carbocycles. The smallest absolute Gasteiger partial charge is 0.430 e. The van der Waals surface area contributed by atoms with E-state index >= 15 is 0 Å². The highest BCUT2D eigenvalue weighted by Gasteiger charge is 2.67. The number of aryl methyl sites for hydroxylation is 1. The molecule has 0 aromatic heterocycles. The van der Waals surface area contributed by atoms with Crippen molar-refractivity contribution in [3.05, 3.63) is 29.6 Å². The van der Waals surface area contributed by atoms with Crippen molar-refractivity contribution < 1.29 is 37.0 Å². The van der Waals surface area contributed by atoms with Crippen LogP contribution in [0.15, 0.2) is 18.2 Å². The summed E-state index contributed by atoms with van der Waals surface area (Å²) in [6.45, 7) is 1.44. The van der Waals surface area contributed by atoms with Crippen LogP contribution in [0.4, 0.5) is 23.2 Å². The van der Waals surface area contributed by atoms with E-state index in [0.717, 1.165) is 6.07 Å². The first-order valence-corrected chi connectivity index (χ1v) is 6.47. The van der Waals surface area contributed by atoms with Gasteiger partial charge in [-0.15, -0.1) is 11.6 Å². The van der Waals surface area contributed by atoms with Crippen LogP contribution in [0.1, 0.15) is 5.56 Å². The number of amides is 1. The number of alkyl halides is 4. The fraction of sp³-hybridized carbons (Fsp3) is 0.385. The Morgan fingerprint density at radius 3 is 2.35 bits per heavy atom. The Morgan fingerprint density at radius 2 is 1.91 bits per heavy atom. The van der Waals surface area contributed by atoms with Gasteiger partial charge in [0.2, 0.25) is 5.91 Å². The van der Waals surface area contributed by atoms with E-state index in [1.807, 2.05) is 5.32 Å². The van der Waals surface area contributed by atoms with Crippen molar-refractivity contribution in [1.29, 1.82) is 0 Å². The fourth-order valence-electron chi connectivity index (χ4n) is 1.58. The number of anilines is 1. The predicted octanol–water partition coefficient (Wildman–Crippen LogP) is 2.15. The van der Waals surface area contributed by atoms with Gasteiger partial charge in [-0.2, -0.15) is 13.2 Å². The molecule has 1 aromatic rings. The summed E-state index contributed by atoms with van der Waals surface area (Å²) in [5.41, 5.74) is -4.21. The monoisotopic (exact) mass is 357 g/mol. The van der Waals surface area contributed by atoms with E-state index in [0.29, 0.717) is 7.11 Å². The van der Waals surface area contributed by atoms with Crippen LogP contribution in [0.2, 0.25) is 0 Å². The minimum absolute atomic E-state index is 0.196. The normalized spacial score (nSPS) is 15.5. The van der Waals surface area contributed by atoms with Gasteiger partial charge in [0.05, 0.1) is 7.11 Å². The van der Waals surface area contributed by atoms with Crippen molar-refractivity contribution in [3.63, 3.8) is 0 Å². The zero-order valence-electron chi connectivity index (χ0n) is 11.9. The molecule has 23 heavy (non-hydrogen) atoms. The molecule has 5 nitrogen and oxygen atoms in total. The highest BCUT2D eigenvalue weighted by Crippen LogP contribution is 2.37. The fourth-order valence-corrected chi connectivity index (χ4v) is 1.85. The largest absolute Gasteiger partial charge is 0.467 e. The Balaban J connectivity index is 3.09. The van der Waals surface area contributed by atoms with Gasteiger partial charge in [0, 0.05) is 5.69 Å². The molecule has 0 fully saturated rings. The number of ether oxygens (including phenoxy) is 1. The highest BCUT2D eigenvalue weighted by molar-refractivity contribution is 6.35. The van der Waals surface area contributed by atoms with Crippen LogP contribution >= 0.6 is 11.6 Å². The maximum Gasteiger partial charge on any atom is 0.430 e. The van der Waals surface area contributed by atoms with E-state index in [1.54, 1.807) is 0 Å². The summed E-state index contributed by atoms with van der Waals surface area (Å²) in [4.78, 5) is 23.0. The lowest BCUT2D eigenvalue weighted by atomic mass is 9.97. The van der Waals surface area contributed by atoms with Gasteiger partial charge in [0.15, 0.2) is 5.38 Å². The van der Waals surface area contributed by atoms with Crippen LogP contribution in [0.25, 0.3) is 0 Å². The molecule has 0 aliphatic heterocycles. The molecule has 0 spiro atoms. The van der Waals surface area contributed by atoms with E-state index in [2.05, 4.69) is 4.74 Å². The second-order valence-electron chi connectivity index (χ2n) is 4.57. The zero-order valence-corrected chi connectivity index (χ0v) is 12.6. The average molecular weight is 358 g/mol. The van der Waals surface area contributed by atoms with Crippen LogP contribution in [0.5, 0.6) is 0 Å². The van der Waals surface area contributed by atoms with Gasteiger partial charge in [0.25, 0.3) is 5.60 Å². The van der Waals surface area contributed by atoms with Crippen LogP contribution in [0, 0.1) is 12.7 Å². The van der Waals surface area contributed by atoms with E-state index in [1.165, 1.54) is 19.1 Å². The van der Waals surface area contributed by atoms with Crippen molar-refractivity contribution in [3.8, 4) is 0 Å². The van der Waals surface area contributed by atoms with Gasteiger partial charge in [-0.1, -0.05) is 6.07 Å². The molecule has 0 aliphatic rings. The molecule has 0 saturated carbocycles. The quantitative estimate of drug-likeness (QED) is 0.492. The number of hydrogen-bond donors (Lipinski definition) is 2. The maximum absolute atomic E-state index is 13.3. The number of rotatable bonds is 4. The van der Waals surface area contributed by atoms with Crippen molar-refractivity contribution in [2.75, 3.05) is 12.4 Å². The first kappa shape index (κ1) is 19.2. The molecule has 2 N–H and O–H groups in total. The number of methoxy groups -OCH3 is 1. The number of nitrogens with one attached hydrogen (secondary N) is 1. The molecular weight excluding hydrogens is 346 g/mol. The standard InChI is InChI=1S/C13H12ClF4NO4/c1-6-3-4-7(5-8(6)15)19-10(20)9(14)12(22,11(21)23-2)13(16,17)18/h3-5,9,22H,1-2H3,(H,19,20). The lowest BCUT2D eigenvalue weighted by Gasteiger charge is -2.30. The number of halogens is 5. The molecule has 10 heteroatoms. The second-order valence-corrected chi connectivity index (χ2v) is 5.01. The van der Waals surface area contributed by atoms with Gasteiger partial charge in [-0.05, 0) is 24.6 Å². The number of benzene rings is 1. The van der Waals surface area contributed by atoms with E-state index in [4.69, 9.17) is 11.6 Å². The Bertz CT molecular complexity index is 622. The summed E-state index contributed by atoms with van der Waals surface area (Å²) in [5, 5.41) is 8.70. The summed E-state index contributed by atoms with van der Waals surface area (Å²) in [6.07, 6.45) is -5.57. The number of carbonyl (C=O) groups excluding carboxylic acids is 2. The SMILES string of the molecule is COC(=O)C(O)(C(Cl)C(=O)Nc1ccc(C)c(F)c1)C(F)(F)F. The van der Waals surface area contributed by atoms with Crippen molar-refractivity contribution in [1.82, 2.24) is 0 Å². The molecule has 2 atom stereocenters. The first-order valence-electron chi connectivity index (χ1n) is 6.03. The van der Waals surface area contributed by atoms with Gasteiger partial charge in [-0.3, -0.25) is 4.79 Å². The molecule has 2 unspecified atom stereocenters. The van der Waals surface area contributed by atoms with Crippen LogP contribution < -0.4 is 5.32 Å². The molecule has 1 amide bonds. The Kier molecular flexibility index (Phi) is 5.60. The van der Waals surface area contributed by atoms with E-state index < -0.39 is 34.8 Å². The third-order valence-corrected chi connectivity index (χ3v) is 3.48. The van der Waals surface area contributed by atoms with Crippen molar-refractivity contribution >= 4 is 29.2 Å². The summed E-state index contributed by atoms with van der Waals surface area (Å²) in [5.74, 6) is -4.41. The maximum atomic E-state index is 13.3. The molecule has 0 radical (unpaired) electrons.